The summed E-state index contributed by atoms with van der Waals surface area (Å²) in [5, 5.41) is 11.2. The summed E-state index contributed by atoms with van der Waals surface area (Å²) in [6.07, 6.45) is 0.969. The normalized spacial score (nSPS) is 12.7. The maximum atomic E-state index is 10.8. The number of aromatic carboxylic acids is 1. The Morgan fingerprint density at radius 2 is 2.47 bits per heavy atom. The number of thiophene rings is 1. The summed E-state index contributed by atoms with van der Waals surface area (Å²) in [6.45, 7) is 2.80. The van der Waals surface area contributed by atoms with Gasteiger partial charge in [0, 0.05) is 11.0 Å². The number of thioether (sulfide) groups is 1. The van der Waals surface area contributed by atoms with Crippen molar-refractivity contribution in [2.24, 2.45) is 5.73 Å². The molecule has 84 valence electrons. The molecule has 0 radical (unpaired) electrons. The van der Waals surface area contributed by atoms with Crippen molar-refractivity contribution >= 4 is 29.1 Å². The van der Waals surface area contributed by atoms with Crippen LogP contribution in [0, 0.1) is 0 Å². The molecule has 0 aliphatic rings. The van der Waals surface area contributed by atoms with Crippen LogP contribution < -0.4 is 5.73 Å². The highest BCUT2D eigenvalue weighted by Crippen LogP contribution is 2.25. The van der Waals surface area contributed by atoms with Crippen molar-refractivity contribution in [3.63, 3.8) is 0 Å². The van der Waals surface area contributed by atoms with E-state index < -0.39 is 5.97 Å². The molecule has 0 saturated heterocycles. The minimum atomic E-state index is -0.827. The highest BCUT2D eigenvalue weighted by molar-refractivity contribution is 7.99. The summed E-state index contributed by atoms with van der Waals surface area (Å²) in [7, 11) is 0. The van der Waals surface area contributed by atoms with Gasteiger partial charge in [-0.15, -0.1) is 11.3 Å². The first-order chi connectivity index (χ1) is 7.15. The number of carboxylic acids is 1. The van der Waals surface area contributed by atoms with Gasteiger partial charge in [0.1, 0.15) is 4.88 Å². The molecule has 1 aromatic heterocycles. The molecule has 0 spiro atoms. The second-order valence-electron chi connectivity index (χ2n) is 3.28. The van der Waals surface area contributed by atoms with Gasteiger partial charge in [-0.05, 0) is 30.0 Å². The third-order valence-corrected chi connectivity index (χ3v) is 4.26. The molecule has 3 N–H and O–H groups in total. The Labute approximate surface area is 97.7 Å². The average molecular weight is 245 g/mol. The molecule has 0 aliphatic carbocycles. The molecule has 1 aromatic rings. The fraction of sp³-hybridized carbons (Fsp3) is 0.500. The van der Waals surface area contributed by atoms with Gasteiger partial charge in [0.15, 0.2) is 0 Å². The van der Waals surface area contributed by atoms with Crippen LogP contribution in [0.5, 0.6) is 0 Å². The third kappa shape index (κ3) is 3.85. The van der Waals surface area contributed by atoms with Crippen molar-refractivity contribution < 1.29 is 9.90 Å². The summed E-state index contributed by atoms with van der Waals surface area (Å²) in [6, 6.07) is 1.89. The monoisotopic (exact) mass is 245 g/mol. The number of carbonyl (C=O) groups is 1. The van der Waals surface area contributed by atoms with Gasteiger partial charge in [0.2, 0.25) is 0 Å². The van der Waals surface area contributed by atoms with Crippen LogP contribution in [-0.4, -0.2) is 22.9 Å². The molecule has 1 heterocycles. The molecule has 1 atom stereocenters. The lowest BCUT2D eigenvalue weighted by Crippen LogP contribution is -2.07. The summed E-state index contributed by atoms with van der Waals surface area (Å²) in [5.41, 5.74) is 6.37. The molecule has 0 aliphatic heterocycles. The van der Waals surface area contributed by atoms with E-state index >= 15 is 0 Å². The Hall–Kier alpha value is -0.520. The van der Waals surface area contributed by atoms with Crippen LogP contribution in [0.1, 0.15) is 28.6 Å². The third-order valence-electron chi connectivity index (χ3n) is 2.04. The van der Waals surface area contributed by atoms with E-state index in [0.29, 0.717) is 16.7 Å². The van der Waals surface area contributed by atoms with Crippen LogP contribution in [-0.2, 0) is 5.75 Å². The largest absolute Gasteiger partial charge is 0.477 e. The van der Waals surface area contributed by atoms with Gasteiger partial charge in [0.05, 0.1) is 0 Å². The first-order valence-corrected chi connectivity index (χ1v) is 6.69. The van der Waals surface area contributed by atoms with E-state index in [9.17, 15) is 4.79 Å². The van der Waals surface area contributed by atoms with Crippen molar-refractivity contribution in [2.75, 3.05) is 6.54 Å². The van der Waals surface area contributed by atoms with Gasteiger partial charge >= 0.3 is 5.97 Å². The first-order valence-electron chi connectivity index (χ1n) is 4.76. The molecule has 0 bridgehead atoms. The Morgan fingerprint density at radius 1 is 1.73 bits per heavy atom. The Balaban J connectivity index is 2.50. The average Bonchev–Trinajstić information content (AvgIpc) is 2.63. The standard InChI is InChI=1S/C10H15NO2S2/c1-7(2-4-11)15-6-8-3-5-14-9(8)10(12)13/h3,5,7H,2,4,6,11H2,1H3,(H,12,13). The number of hydrogen-bond acceptors (Lipinski definition) is 4. The van der Waals surface area contributed by atoms with Gasteiger partial charge in [-0.25, -0.2) is 4.79 Å². The fourth-order valence-electron chi connectivity index (χ4n) is 1.19. The lowest BCUT2D eigenvalue weighted by atomic mass is 10.3. The van der Waals surface area contributed by atoms with E-state index in [4.69, 9.17) is 10.8 Å². The van der Waals surface area contributed by atoms with E-state index in [1.807, 2.05) is 11.4 Å². The number of hydrogen-bond donors (Lipinski definition) is 2. The van der Waals surface area contributed by atoms with Gasteiger partial charge in [0.25, 0.3) is 0 Å². The number of nitrogens with two attached hydrogens (primary N) is 1. The van der Waals surface area contributed by atoms with Crippen molar-refractivity contribution in [3.8, 4) is 0 Å². The minimum absolute atomic E-state index is 0.461. The molecule has 15 heavy (non-hydrogen) atoms. The fourth-order valence-corrected chi connectivity index (χ4v) is 3.05. The molecule has 0 fully saturated rings. The molecule has 0 amide bonds. The highest BCUT2D eigenvalue weighted by atomic mass is 32.2. The quantitative estimate of drug-likeness (QED) is 0.808. The van der Waals surface area contributed by atoms with Gasteiger partial charge in [-0.2, -0.15) is 11.8 Å². The number of carboxylic acid groups (broad SMARTS) is 1. The molecular formula is C10H15NO2S2. The summed E-state index contributed by atoms with van der Waals surface area (Å²) < 4.78 is 0. The highest BCUT2D eigenvalue weighted by Gasteiger charge is 2.12. The van der Waals surface area contributed by atoms with E-state index in [1.165, 1.54) is 11.3 Å². The smallest absolute Gasteiger partial charge is 0.346 e. The summed E-state index contributed by atoms with van der Waals surface area (Å²) >= 11 is 3.04. The molecule has 1 rings (SSSR count). The van der Waals surface area contributed by atoms with Crippen LogP contribution in [0.4, 0.5) is 0 Å². The summed E-state index contributed by atoms with van der Waals surface area (Å²) in [5.74, 6) is -0.0705. The van der Waals surface area contributed by atoms with Gasteiger partial charge in [-0.3, -0.25) is 0 Å². The molecular weight excluding hydrogens is 230 g/mol. The Morgan fingerprint density at radius 3 is 3.07 bits per heavy atom. The predicted molar refractivity (Wildman–Crippen MR) is 65.7 cm³/mol. The minimum Gasteiger partial charge on any atom is -0.477 e. The van der Waals surface area contributed by atoms with E-state index in [0.717, 1.165) is 17.7 Å². The van der Waals surface area contributed by atoms with Crippen LogP contribution in [0.3, 0.4) is 0 Å². The molecule has 0 aromatic carbocycles. The number of rotatable bonds is 6. The second-order valence-corrected chi connectivity index (χ2v) is 5.62. The molecule has 1 unspecified atom stereocenters. The van der Waals surface area contributed by atoms with Crippen LogP contribution in [0.25, 0.3) is 0 Å². The van der Waals surface area contributed by atoms with Crippen molar-refractivity contribution in [1.29, 1.82) is 0 Å². The van der Waals surface area contributed by atoms with Crippen molar-refractivity contribution in [3.05, 3.63) is 21.9 Å². The van der Waals surface area contributed by atoms with E-state index in [-0.39, 0.29) is 0 Å². The SMILES string of the molecule is CC(CCN)SCc1ccsc1C(=O)O. The van der Waals surface area contributed by atoms with Crippen LogP contribution in [0.2, 0.25) is 0 Å². The summed E-state index contributed by atoms with van der Waals surface area (Å²) in [4.78, 5) is 11.3. The topological polar surface area (TPSA) is 63.3 Å². The molecule has 3 nitrogen and oxygen atoms in total. The Bertz CT molecular complexity index is 325. The zero-order valence-corrected chi connectivity index (χ0v) is 10.2. The van der Waals surface area contributed by atoms with E-state index in [2.05, 4.69) is 6.92 Å². The van der Waals surface area contributed by atoms with Crippen LogP contribution in [0.15, 0.2) is 11.4 Å². The molecule has 5 heteroatoms. The first kappa shape index (κ1) is 12.5. The second kappa shape index (κ2) is 6.15. The Kier molecular flexibility index (Phi) is 5.14. The maximum Gasteiger partial charge on any atom is 0.346 e. The zero-order valence-electron chi connectivity index (χ0n) is 8.60. The van der Waals surface area contributed by atoms with Crippen molar-refractivity contribution in [2.45, 2.75) is 24.3 Å². The van der Waals surface area contributed by atoms with Gasteiger partial charge in [-0.1, -0.05) is 6.92 Å². The van der Waals surface area contributed by atoms with E-state index in [1.54, 1.807) is 11.8 Å². The van der Waals surface area contributed by atoms with Gasteiger partial charge < -0.3 is 10.8 Å². The van der Waals surface area contributed by atoms with Crippen LogP contribution >= 0.6 is 23.1 Å². The lowest BCUT2D eigenvalue weighted by molar-refractivity contribution is 0.0701. The maximum absolute atomic E-state index is 10.8. The lowest BCUT2D eigenvalue weighted by Gasteiger charge is -2.08. The predicted octanol–water partition coefficient (Wildman–Crippen LogP) is 2.42. The molecule has 0 saturated carbocycles. The van der Waals surface area contributed by atoms with Crippen molar-refractivity contribution in [1.82, 2.24) is 0 Å². The zero-order chi connectivity index (χ0) is 11.3.